The van der Waals surface area contributed by atoms with Crippen molar-refractivity contribution in [3.8, 4) is 0 Å². The molecule has 1 aliphatic carbocycles. The van der Waals surface area contributed by atoms with Crippen LogP contribution >= 0.6 is 0 Å². The van der Waals surface area contributed by atoms with E-state index < -0.39 is 11.9 Å². The topological polar surface area (TPSA) is 129 Å². The highest BCUT2D eigenvalue weighted by atomic mass is 16.5. The molecule has 3 aromatic rings. The van der Waals surface area contributed by atoms with E-state index in [1.54, 1.807) is 0 Å². The van der Waals surface area contributed by atoms with Crippen molar-refractivity contribution in [2.24, 2.45) is 23.7 Å². The first-order chi connectivity index (χ1) is 26.8. The number of ether oxygens (including phenoxy) is 2. The molecule has 0 radical (unpaired) electrons. The Morgan fingerprint density at radius 1 is 0.946 bits per heavy atom. The molecule has 8 bridgehead atoms. The van der Waals surface area contributed by atoms with Crippen LogP contribution in [0.5, 0.6) is 0 Å². The van der Waals surface area contributed by atoms with Crippen LogP contribution in [0.2, 0.25) is 0 Å². The Hall–Kier alpha value is -5.05. The highest BCUT2D eigenvalue weighted by Gasteiger charge is 2.48. The van der Waals surface area contributed by atoms with Gasteiger partial charge in [0, 0.05) is 74.1 Å². The number of esters is 2. The second kappa shape index (κ2) is 17.0. The van der Waals surface area contributed by atoms with Gasteiger partial charge in [0.05, 0.1) is 12.8 Å². The van der Waals surface area contributed by atoms with Crippen molar-refractivity contribution < 1.29 is 23.9 Å². The molecule has 3 aromatic heterocycles. The molecule has 9 heteroatoms. The van der Waals surface area contributed by atoms with Gasteiger partial charge < -0.3 is 29.7 Å². The maximum atomic E-state index is 14.3. The van der Waals surface area contributed by atoms with Crippen molar-refractivity contribution in [2.45, 2.75) is 107 Å². The van der Waals surface area contributed by atoms with Gasteiger partial charge >= 0.3 is 11.9 Å². The van der Waals surface area contributed by atoms with E-state index in [0.29, 0.717) is 23.3 Å². The molecule has 4 atom stereocenters. The van der Waals surface area contributed by atoms with Gasteiger partial charge in [0.25, 0.3) is 0 Å². The molecule has 6 rings (SSSR count). The molecule has 0 spiro atoms. The molecule has 2 aliphatic heterocycles. The number of ketones is 1. The molecule has 5 heterocycles. The number of carbonyl (C=O) groups is 3. The van der Waals surface area contributed by atoms with Crippen LogP contribution in [0.1, 0.15) is 141 Å². The zero-order valence-corrected chi connectivity index (χ0v) is 34.8. The number of fused-ring (bicyclic) bond motifs is 7. The summed E-state index contributed by atoms with van der Waals surface area (Å²) in [5, 5.41) is 5.64. The van der Waals surface area contributed by atoms with Crippen LogP contribution in [-0.2, 0) is 25.5 Å². The zero-order chi connectivity index (χ0) is 40.4. The summed E-state index contributed by atoms with van der Waals surface area (Å²) < 4.78 is 11.0. The molecule has 1 saturated heterocycles. The number of rotatable bonds is 14. The van der Waals surface area contributed by atoms with E-state index in [-0.39, 0.29) is 36.6 Å². The number of carbonyl (C=O) groups excluding carboxylic acids is 3. The van der Waals surface area contributed by atoms with Crippen molar-refractivity contribution in [1.29, 1.82) is 0 Å². The largest absolute Gasteiger partial charge is 0.468 e. The molecule has 0 unspecified atom stereocenters. The van der Waals surface area contributed by atoms with Crippen molar-refractivity contribution in [3.63, 3.8) is 0 Å². The standard InChI is InChI=1S/C47H60N4O5/c1-11-15-25(4)16-14-17-26(5)20-21-56-40(52)19-18-33-29(8)36-22-34-27(6)31(12-2)38(48-34)23-35-28(7)32(13-3)39(49-35)24-37-30(9)41-45(51-37)42(44(33)50-36)43(46(41)53)47(54)55-10/h12,20,22-25,29,33,43,48-51H,2,11,13-19,21H2,1,3-10H3/b26-20+,35-23-,36-22-,39-24?,44-42-/t25-,29+,33+,43-/m1/s1. The highest BCUT2D eigenvalue weighted by molar-refractivity contribution is 6.24. The smallest absolute Gasteiger partial charge is 0.321 e. The van der Waals surface area contributed by atoms with Crippen LogP contribution in [0, 0.1) is 44.4 Å². The van der Waals surface area contributed by atoms with Gasteiger partial charge in [-0.1, -0.05) is 65.2 Å². The zero-order valence-electron chi connectivity index (χ0n) is 34.8. The highest BCUT2D eigenvalue weighted by Crippen LogP contribution is 2.48. The average molecular weight is 761 g/mol. The molecule has 0 amide bonds. The minimum absolute atomic E-state index is 0.0834. The molecule has 56 heavy (non-hydrogen) atoms. The van der Waals surface area contributed by atoms with E-state index in [4.69, 9.17) is 9.47 Å². The van der Waals surface area contributed by atoms with Gasteiger partial charge in [-0.2, -0.15) is 0 Å². The lowest BCUT2D eigenvalue weighted by Gasteiger charge is -2.19. The summed E-state index contributed by atoms with van der Waals surface area (Å²) in [5.74, 6) is -1.88. The summed E-state index contributed by atoms with van der Waals surface area (Å²) in [6.07, 6.45) is 17.5. The van der Waals surface area contributed by atoms with Crippen molar-refractivity contribution >= 4 is 47.6 Å². The molecular weight excluding hydrogens is 701 g/mol. The van der Waals surface area contributed by atoms with Gasteiger partial charge in [-0.3, -0.25) is 14.4 Å². The molecule has 298 valence electrons. The maximum absolute atomic E-state index is 14.3. The average Bonchev–Trinajstić information content (AvgIpc) is 3.91. The van der Waals surface area contributed by atoms with Crippen LogP contribution in [-0.4, -0.2) is 46.4 Å². The summed E-state index contributed by atoms with van der Waals surface area (Å²) in [6, 6.07) is 0. The van der Waals surface area contributed by atoms with Crippen LogP contribution in [0.4, 0.5) is 0 Å². The first kappa shape index (κ1) is 40.6. The summed E-state index contributed by atoms with van der Waals surface area (Å²) >= 11 is 0. The molecule has 3 aliphatic rings. The van der Waals surface area contributed by atoms with Crippen molar-refractivity contribution in [3.05, 3.63) is 96.5 Å². The van der Waals surface area contributed by atoms with Gasteiger partial charge in [-0.05, 0) is 106 Å². The van der Waals surface area contributed by atoms with E-state index >= 15 is 0 Å². The molecule has 0 aromatic carbocycles. The number of methoxy groups -OCH3 is 1. The number of allylic oxidation sites excluding steroid dienone is 3. The summed E-state index contributed by atoms with van der Waals surface area (Å²) in [4.78, 5) is 52.0. The molecule has 0 saturated carbocycles. The minimum Gasteiger partial charge on any atom is -0.468 e. The van der Waals surface area contributed by atoms with Crippen LogP contribution in [0.25, 0.3) is 29.9 Å². The van der Waals surface area contributed by atoms with Gasteiger partial charge in [0.2, 0.25) is 0 Å². The number of hydrogen-bond donors (Lipinski definition) is 4. The van der Waals surface area contributed by atoms with E-state index in [1.807, 2.05) is 19.1 Å². The number of aromatic nitrogens is 3. The number of Topliss-reactive ketones (excluding diaryl/α,β-unsaturated/α-hetero) is 1. The Balaban J connectivity index is 1.42. The van der Waals surface area contributed by atoms with Crippen molar-refractivity contribution in [1.82, 2.24) is 20.3 Å². The second-order valence-electron chi connectivity index (χ2n) is 16.1. The first-order valence-corrected chi connectivity index (χ1v) is 20.5. The van der Waals surface area contributed by atoms with Crippen LogP contribution in [0.3, 0.4) is 0 Å². The quantitative estimate of drug-likeness (QED) is 0.0745. The predicted octanol–water partition coefficient (Wildman–Crippen LogP) is 8.24. The third-order valence-corrected chi connectivity index (χ3v) is 12.5. The van der Waals surface area contributed by atoms with Crippen LogP contribution < -0.4 is 16.0 Å². The Morgan fingerprint density at radius 2 is 1.68 bits per heavy atom. The summed E-state index contributed by atoms with van der Waals surface area (Å²) in [5.41, 5.74) is 12.5. The van der Waals surface area contributed by atoms with E-state index in [1.165, 1.54) is 37.5 Å². The Kier molecular flexibility index (Phi) is 12.3. The first-order valence-electron chi connectivity index (χ1n) is 20.5. The van der Waals surface area contributed by atoms with Gasteiger partial charge in [0.15, 0.2) is 5.78 Å². The fourth-order valence-corrected chi connectivity index (χ4v) is 9.09. The minimum atomic E-state index is -1.14. The predicted molar refractivity (Wildman–Crippen MR) is 225 cm³/mol. The van der Waals surface area contributed by atoms with Crippen molar-refractivity contribution in [2.75, 3.05) is 13.7 Å². The third kappa shape index (κ3) is 7.69. The third-order valence-electron chi connectivity index (χ3n) is 12.5. The fraction of sp³-hybridized carbons (Fsp3) is 0.468. The lowest BCUT2D eigenvalue weighted by Crippen LogP contribution is -2.25. The number of H-pyrrole nitrogens is 3. The molecular formula is C47H60N4O5. The van der Waals surface area contributed by atoms with E-state index in [9.17, 15) is 14.4 Å². The monoisotopic (exact) mass is 760 g/mol. The Morgan fingerprint density at radius 3 is 2.38 bits per heavy atom. The number of hydrogen-bond acceptors (Lipinski definition) is 6. The second-order valence-corrected chi connectivity index (χ2v) is 16.1. The molecule has 4 N–H and O–H groups in total. The SMILES string of the molecule is C=Cc1c2[nH]c(c1C)/C=C1\N/C(=C3\c4[nH]c(c(C)c4C(=O)[C@@H]3C(=O)OC)C=c3[nH]/c(c(C)c3CC)=C\2)[C@@H](CCC(=O)OC/C=C(\C)CCC[C@H](C)CCC)[C@@H]1C. The van der Waals surface area contributed by atoms with E-state index in [2.05, 4.69) is 93.5 Å². The number of nitrogens with one attached hydrogen (secondary N) is 4. The van der Waals surface area contributed by atoms with Crippen LogP contribution in [0.15, 0.2) is 29.6 Å². The summed E-state index contributed by atoms with van der Waals surface area (Å²) in [6.45, 7) is 21.4. The van der Waals surface area contributed by atoms with E-state index in [0.717, 1.165) is 86.6 Å². The summed E-state index contributed by atoms with van der Waals surface area (Å²) in [7, 11) is 1.32. The van der Waals surface area contributed by atoms with Gasteiger partial charge in [-0.25, -0.2) is 0 Å². The molecule has 1 fully saturated rings. The maximum Gasteiger partial charge on any atom is 0.321 e. The lowest BCUT2D eigenvalue weighted by atomic mass is 9.85. The Labute approximate surface area is 331 Å². The Bertz CT molecular complexity index is 2270. The number of aromatic amines is 3. The van der Waals surface area contributed by atoms with Gasteiger partial charge in [-0.15, -0.1) is 0 Å². The van der Waals surface area contributed by atoms with Gasteiger partial charge in [0.1, 0.15) is 12.5 Å². The lowest BCUT2D eigenvalue weighted by molar-refractivity contribution is -0.143. The molecule has 9 nitrogen and oxygen atoms in total. The fourth-order valence-electron chi connectivity index (χ4n) is 9.09. The normalized spacial score (nSPS) is 22.1.